The molecule has 0 bridgehead atoms. The van der Waals surface area contributed by atoms with Crippen molar-refractivity contribution in [3.8, 4) is 0 Å². The maximum absolute atomic E-state index is 11.6. The Kier molecular flexibility index (Phi) is 8.78. The Morgan fingerprint density at radius 2 is 1.75 bits per heavy atom. The van der Waals surface area contributed by atoms with E-state index in [1.807, 2.05) is 0 Å². The first-order valence-corrected chi connectivity index (χ1v) is 7.24. The number of carboxylic acids is 1. The van der Waals surface area contributed by atoms with E-state index in [4.69, 9.17) is 9.84 Å². The first-order chi connectivity index (χ1) is 9.25. The van der Waals surface area contributed by atoms with Crippen molar-refractivity contribution >= 4 is 29.7 Å². The fraction of sp³-hybridized carbons (Fsp3) is 0.750. The number of amides is 2. The smallest absolute Gasteiger partial charge is 0.409 e. The van der Waals surface area contributed by atoms with Gasteiger partial charge in [-0.25, -0.2) is 4.79 Å². The molecule has 1 atom stereocenters. The minimum Gasteiger partial charge on any atom is -0.480 e. The van der Waals surface area contributed by atoms with Gasteiger partial charge in [-0.1, -0.05) is 0 Å². The van der Waals surface area contributed by atoms with Gasteiger partial charge < -0.3 is 19.6 Å². The van der Waals surface area contributed by atoms with Crippen molar-refractivity contribution in [1.82, 2.24) is 9.80 Å². The van der Waals surface area contributed by atoms with Crippen molar-refractivity contribution in [3.63, 3.8) is 0 Å². The van der Waals surface area contributed by atoms with Crippen LogP contribution in [0.1, 0.15) is 13.8 Å². The lowest BCUT2D eigenvalue weighted by atomic mass is 10.5. The topological polar surface area (TPSA) is 87.2 Å². The van der Waals surface area contributed by atoms with E-state index in [9.17, 15) is 14.4 Å². The summed E-state index contributed by atoms with van der Waals surface area (Å²) in [6, 6.07) is 0. The Balaban J connectivity index is 3.81. The van der Waals surface area contributed by atoms with Crippen LogP contribution in [0.2, 0.25) is 0 Å². The molecular formula is C12H22N2O5S. The number of ether oxygens (including phenoxy) is 1. The molecule has 0 aliphatic rings. The van der Waals surface area contributed by atoms with Crippen LogP contribution >= 0.6 is 11.8 Å². The Labute approximate surface area is 123 Å². The highest BCUT2D eigenvalue weighted by Gasteiger charge is 2.13. The zero-order chi connectivity index (χ0) is 15.7. The minimum atomic E-state index is -0.884. The number of carbonyl (C=O) groups is 3. The molecule has 0 rings (SSSR count). The quantitative estimate of drug-likeness (QED) is 0.666. The first kappa shape index (κ1) is 18.6. The first-order valence-electron chi connectivity index (χ1n) is 6.19. The standard InChI is InChI=1S/C12H22N2O5S/c1-9(11(16)17)20-8-7-19-12(18)14(4)6-5-13(3)10(2)15/h9H,5-8H2,1-4H3,(H,16,17)/t9-/m1/s1. The van der Waals surface area contributed by atoms with E-state index in [1.165, 1.54) is 28.5 Å². The third-order valence-corrected chi connectivity index (χ3v) is 3.75. The fourth-order valence-electron chi connectivity index (χ4n) is 1.08. The highest BCUT2D eigenvalue weighted by molar-refractivity contribution is 8.00. The lowest BCUT2D eigenvalue weighted by Crippen LogP contribution is -2.37. The number of hydrogen-bond acceptors (Lipinski definition) is 5. The number of likely N-dealkylation sites (N-methyl/N-ethyl adjacent to an activating group) is 2. The second-order valence-corrected chi connectivity index (χ2v) is 5.78. The van der Waals surface area contributed by atoms with Crippen molar-refractivity contribution in [2.24, 2.45) is 0 Å². The Hall–Kier alpha value is -1.44. The molecule has 0 fully saturated rings. The normalized spacial score (nSPS) is 11.6. The Bertz CT molecular complexity index is 351. The van der Waals surface area contributed by atoms with Crippen LogP contribution in [-0.4, -0.2) is 77.7 Å². The highest BCUT2D eigenvalue weighted by Crippen LogP contribution is 2.09. The van der Waals surface area contributed by atoms with Crippen LogP contribution in [0.15, 0.2) is 0 Å². The van der Waals surface area contributed by atoms with Gasteiger partial charge in [0.15, 0.2) is 0 Å². The summed E-state index contributed by atoms with van der Waals surface area (Å²) in [5, 5.41) is 8.16. The molecule has 8 heteroatoms. The van der Waals surface area contributed by atoms with E-state index in [2.05, 4.69) is 0 Å². The summed E-state index contributed by atoms with van der Waals surface area (Å²) in [6.07, 6.45) is -0.481. The molecule has 0 aromatic heterocycles. The van der Waals surface area contributed by atoms with E-state index in [0.717, 1.165) is 0 Å². The molecule has 0 aromatic rings. The summed E-state index contributed by atoms with van der Waals surface area (Å²) >= 11 is 1.21. The molecule has 1 N–H and O–H groups in total. The number of aliphatic carboxylic acids is 1. The van der Waals surface area contributed by atoms with E-state index < -0.39 is 17.3 Å². The number of nitrogens with zero attached hydrogens (tertiary/aromatic N) is 2. The molecule has 0 saturated heterocycles. The average Bonchev–Trinajstić information content (AvgIpc) is 2.39. The van der Waals surface area contributed by atoms with E-state index in [1.54, 1.807) is 21.0 Å². The van der Waals surface area contributed by atoms with Gasteiger partial charge in [0.05, 0.1) is 5.25 Å². The molecule has 0 aliphatic heterocycles. The predicted molar refractivity (Wildman–Crippen MR) is 76.8 cm³/mol. The van der Waals surface area contributed by atoms with Crippen LogP contribution in [0.5, 0.6) is 0 Å². The molecule has 0 spiro atoms. The third-order valence-electron chi connectivity index (χ3n) is 2.64. The molecule has 0 aromatic carbocycles. The van der Waals surface area contributed by atoms with Crippen molar-refractivity contribution in [2.75, 3.05) is 39.5 Å². The van der Waals surface area contributed by atoms with Gasteiger partial charge in [0.25, 0.3) is 0 Å². The van der Waals surface area contributed by atoms with Crippen LogP contribution in [0.3, 0.4) is 0 Å². The van der Waals surface area contributed by atoms with Gasteiger partial charge >= 0.3 is 12.1 Å². The third kappa shape index (κ3) is 7.88. The molecule has 0 radical (unpaired) electrons. The molecule has 0 saturated carbocycles. The lowest BCUT2D eigenvalue weighted by Gasteiger charge is -2.21. The van der Waals surface area contributed by atoms with Crippen LogP contribution < -0.4 is 0 Å². The van der Waals surface area contributed by atoms with Crippen LogP contribution in [0, 0.1) is 0 Å². The minimum absolute atomic E-state index is 0.0641. The van der Waals surface area contributed by atoms with Gasteiger partial charge in [0.2, 0.25) is 5.91 Å². The second-order valence-electron chi connectivity index (χ2n) is 4.33. The monoisotopic (exact) mass is 306 g/mol. The molecule has 20 heavy (non-hydrogen) atoms. The van der Waals surface area contributed by atoms with Crippen LogP contribution in [-0.2, 0) is 14.3 Å². The van der Waals surface area contributed by atoms with E-state index >= 15 is 0 Å². The molecule has 0 unspecified atom stereocenters. The number of hydrogen-bond donors (Lipinski definition) is 1. The number of carboxylic acid groups (broad SMARTS) is 1. The molecule has 116 valence electrons. The van der Waals surface area contributed by atoms with Gasteiger partial charge in [0.1, 0.15) is 6.61 Å². The van der Waals surface area contributed by atoms with Crippen molar-refractivity contribution in [1.29, 1.82) is 0 Å². The van der Waals surface area contributed by atoms with Gasteiger partial charge in [-0.3, -0.25) is 9.59 Å². The van der Waals surface area contributed by atoms with Gasteiger partial charge in [-0.05, 0) is 6.92 Å². The molecule has 0 heterocycles. The summed E-state index contributed by atoms with van der Waals surface area (Å²) in [4.78, 5) is 36.0. The van der Waals surface area contributed by atoms with Crippen molar-refractivity contribution in [3.05, 3.63) is 0 Å². The summed E-state index contributed by atoms with van der Waals surface area (Å²) in [5.41, 5.74) is 0. The Morgan fingerprint density at radius 1 is 1.20 bits per heavy atom. The molecule has 7 nitrogen and oxygen atoms in total. The maximum atomic E-state index is 11.6. The summed E-state index contributed by atoms with van der Waals surface area (Å²) in [5.74, 6) is -0.517. The largest absolute Gasteiger partial charge is 0.480 e. The fourth-order valence-corrected chi connectivity index (χ4v) is 1.76. The summed E-state index contributed by atoms with van der Waals surface area (Å²) in [6.45, 7) is 4.02. The predicted octanol–water partition coefficient (Wildman–Crippen LogP) is 0.739. The highest BCUT2D eigenvalue weighted by atomic mass is 32.2. The Morgan fingerprint density at radius 3 is 2.25 bits per heavy atom. The van der Waals surface area contributed by atoms with E-state index in [0.29, 0.717) is 18.8 Å². The van der Waals surface area contributed by atoms with Crippen LogP contribution in [0.25, 0.3) is 0 Å². The van der Waals surface area contributed by atoms with Crippen molar-refractivity contribution < 1.29 is 24.2 Å². The van der Waals surface area contributed by atoms with Crippen molar-refractivity contribution in [2.45, 2.75) is 19.1 Å². The van der Waals surface area contributed by atoms with Gasteiger partial charge in [-0.15, -0.1) is 11.8 Å². The number of thioether (sulfide) groups is 1. The average molecular weight is 306 g/mol. The molecule has 2 amide bonds. The summed E-state index contributed by atoms with van der Waals surface area (Å²) < 4.78 is 5.00. The summed E-state index contributed by atoms with van der Waals surface area (Å²) in [7, 11) is 3.24. The van der Waals surface area contributed by atoms with Gasteiger partial charge in [-0.2, -0.15) is 0 Å². The SMILES string of the molecule is CC(=O)N(C)CCN(C)C(=O)OCCS[C@H](C)C(=O)O. The van der Waals surface area contributed by atoms with E-state index in [-0.39, 0.29) is 12.5 Å². The van der Waals surface area contributed by atoms with Crippen LogP contribution in [0.4, 0.5) is 4.79 Å². The lowest BCUT2D eigenvalue weighted by molar-refractivity contribution is -0.136. The number of rotatable bonds is 8. The maximum Gasteiger partial charge on any atom is 0.409 e. The zero-order valence-electron chi connectivity index (χ0n) is 12.3. The molecular weight excluding hydrogens is 284 g/mol. The molecule has 0 aliphatic carbocycles. The second kappa shape index (κ2) is 9.46. The number of carbonyl (C=O) groups excluding carboxylic acids is 2. The zero-order valence-corrected chi connectivity index (χ0v) is 13.1. The van der Waals surface area contributed by atoms with Gasteiger partial charge in [0, 0.05) is 39.9 Å².